The molecule has 1 heterocycles. The molecule has 0 radical (unpaired) electrons. The lowest BCUT2D eigenvalue weighted by Gasteiger charge is -2.35. The maximum Gasteiger partial charge on any atom is 0.270 e. The molecule has 2 aromatic carbocycles. The first-order valence-corrected chi connectivity index (χ1v) is 7.79. The lowest BCUT2D eigenvalue weighted by Crippen LogP contribution is -2.39. The third-order valence-electron chi connectivity index (χ3n) is 4.30. The van der Waals surface area contributed by atoms with Crippen LogP contribution in [0.4, 0.5) is 10.1 Å². The van der Waals surface area contributed by atoms with Gasteiger partial charge in [0.2, 0.25) is 0 Å². The van der Waals surface area contributed by atoms with Gasteiger partial charge in [-0.2, -0.15) is 0 Å². The third-order valence-corrected chi connectivity index (χ3v) is 4.62. The molecule has 1 aliphatic heterocycles. The third kappa shape index (κ3) is 2.85. The Kier molecular flexibility index (Phi) is 4.24. The number of rotatable bonds is 2. The molecule has 1 atom stereocenters. The van der Waals surface area contributed by atoms with E-state index in [2.05, 4.69) is 0 Å². The van der Waals surface area contributed by atoms with Gasteiger partial charge in [-0.05, 0) is 42.7 Å². The van der Waals surface area contributed by atoms with E-state index in [1.54, 1.807) is 11.0 Å². The zero-order chi connectivity index (χ0) is 17.4. The Bertz CT molecular complexity index is 841. The Hall–Kier alpha value is -2.47. The zero-order valence-corrected chi connectivity index (χ0v) is 13.6. The molecule has 5 nitrogen and oxygen atoms in total. The van der Waals surface area contributed by atoms with Gasteiger partial charge in [-0.3, -0.25) is 14.9 Å². The van der Waals surface area contributed by atoms with E-state index < -0.39 is 4.92 Å². The summed E-state index contributed by atoms with van der Waals surface area (Å²) in [6.45, 7) is 2.31. The van der Waals surface area contributed by atoms with Crippen molar-refractivity contribution in [2.45, 2.75) is 19.4 Å². The van der Waals surface area contributed by atoms with Crippen molar-refractivity contribution >= 4 is 23.2 Å². The molecule has 7 heteroatoms. The minimum absolute atomic E-state index is 0.0337. The van der Waals surface area contributed by atoms with Gasteiger partial charge in [-0.1, -0.05) is 17.7 Å². The van der Waals surface area contributed by atoms with Gasteiger partial charge >= 0.3 is 0 Å². The summed E-state index contributed by atoms with van der Waals surface area (Å²) in [6, 6.07) is 8.06. The molecular weight excluding hydrogens is 335 g/mol. The summed E-state index contributed by atoms with van der Waals surface area (Å²) in [4.78, 5) is 24.6. The van der Waals surface area contributed by atoms with Gasteiger partial charge in [0, 0.05) is 18.7 Å². The molecule has 0 saturated carbocycles. The predicted octanol–water partition coefficient (Wildman–Crippen LogP) is 4.15. The second kappa shape index (κ2) is 6.20. The second-order valence-corrected chi connectivity index (χ2v) is 6.10. The Labute approximate surface area is 142 Å². The summed E-state index contributed by atoms with van der Waals surface area (Å²) in [5.41, 5.74) is 1.82. The Morgan fingerprint density at radius 1 is 1.33 bits per heavy atom. The Morgan fingerprint density at radius 3 is 2.75 bits per heavy atom. The molecule has 1 aliphatic rings. The standard InChI is InChI=1S/C17H14ClFN2O3/c1-10-15-8-12(19)3-2-11(15)6-7-20(10)17(22)14-5-4-13(21(23)24)9-16(14)18/h2-5,8-10H,6-7H2,1H3. The van der Waals surface area contributed by atoms with E-state index in [4.69, 9.17) is 11.6 Å². The number of benzene rings is 2. The molecule has 0 fully saturated rings. The second-order valence-electron chi connectivity index (χ2n) is 5.69. The number of amides is 1. The van der Waals surface area contributed by atoms with Crippen molar-refractivity contribution in [3.63, 3.8) is 0 Å². The van der Waals surface area contributed by atoms with Crippen LogP contribution in [-0.4, -0.2) is 22.3 Å². The van der Waals surface area contributed by atoms with E-state index in [0.717, 1.165) is 17.2 Å². The molecule has 1 unspecified atom stereocenters. The van der Waals surface area contributed by atoms with E-state index in [0.29, 0.717) is 13.0 Å². The molecule has 124 valence electrons. The molecule has 3 rings (SSSR count). The number of nitro benzene ring substituents is 1. The van der Waals surface area contributed by atoms with Crippen LogP contribution in [-0.2, 0) is 6.42 Å². The molecule has 2 aromatic rings. The smallest absolute Gasteiger partial charge is 0.270 e. The fraction of sp³-hybridized carbons (Fsp3) is 0.235. The average Bonchev–Trinajstić information content (AvgIpc) is 2.55. The van der Waals surface area contributed by atoms with Crippen molar-refractivity contribution in [2.75, 3.05) is 6.54 Å². The monoisotopic (exact) mass is 348 g/mol. The number of nitro groups is 1. The SMILES string of the molecule is CC1c2cc(F)ccc2CCN1C(=O)c1ccc([N+](=O)[O-])cc1Cl. The van der Waals surface area contributed by atoms with Crippen LogP contribution in [0.15, 0.2) is 36.4 Å². The number of nitrogens with zero attached hydrogens (tertiary/aromatic N) is 2. The van der Waals surface area contributed by atoms with Crippen molar-refractivity contribution in [1.29, 1.82) is 0 Å². The van der Waals surface area contributed by atoms with Gasteiger partial charge < -0.3 is 4.90 Å². The molecule has 24 heavy (non-hydrogen) atoms. The van der Waals surface area contributed by atoms with Crippen LogP contribution in [0.5, 0.6) is 0 Å². The summed E-state index contributed by atoms with van der Waals surface area (Å²) >= 11 is 6.05. The summed E-state index contributed by atoms with van der Waals surface area (Å²) in [5, 5.41) is 10.8. The molecule has 0 saturated heterocycles. The number of carbonyl (C=O) groups is 1. The van der Waals surface area contributed by atoms with Crippen LogP contribution in [0, 0.1) is 15.9 Å². The highest BCUT2D eigenvalue weighted by Crippen LogP contribution is 2.32. The summed E-state index contributed by atoms with van der Waals surface area (Å²) in [5.74, 6) is -0.666. The largest absolute Gasteiger partial charge is 0.331 e. The zero-order valence-electron chi connectivity index (χ0n) is 12.8. The van der Waals surface area contributed by atoms with Gasteiger partial charge in [0.15, 0.2) is 0 Å². The Balaban J connectivity index is 1.92. The van der Waals surface area contributed by atoms with Crippen LogP contribution in [0.25, 0.3) is 0 Å². The van der Waals surface area contributed by atoms with Crippen molar-refractivity contribution in [3.05, 3.63) is 74.0 Å². The quantitative estimate of drug-likeness (QED) is 0.605. The van der Waals surface area contributed by atoms with E-state index in [9.17, 15) is 19.3 Å². The normalized spacial score (nSPS) is 16.6. The van der Waals surface area contributed by atoms with Gasteiger partial charge in [0.1, 0.15) is 5.82 Å². The molecule has 0 spiro atoms. The highest BCUT2D eigenvalue weighted by Gasteiger charge is 2.30. The topological polar surface area (TPSA) is 63.5 Å². The maximum atomic E-state index is 13.5. The van der Waals surface area contributed by atoms with Crippen molar-refractivity contribution in [1.82, 2.24) is 4.90 Å². The first-order valence-electron chi connectivity index (χ1n) is 7.41. The molecule has 0 bridgehead atoms. The van der Waals surface area contributed by atoms with E-state index in [-0.39, 0.29) is 34.0 Å². The first kappa shape index (κ1) is 16.4. The van der Waals surface area contributed by atoms with Gasteiger partial charge in [-0.25, -0.2) is 4.39 Å². The van der Waals surface area contributed by atoms with Crippen LogP contribution >= 0.6 is 11.6 Å². The minimum atomic E-state index is -0.567. The Morgan fingerprint density at radius 2 is 2.08 bits per heavy atom. The number of halogens is 2. The molecular formula is C17H14ClFN2O3. The lowest BCUT2D eigenvalue weighted by molar-refractivity contribution is -0.384. The lowest BCUT2D eigenvalue weighted by atomic mass is 9.93. The van der Waals surface area contributed by atoms with Crippen molar-refractivity contribution < 1.29 is 14.1 Å². The van der Waals surface area contributed by atoms with Gasteiger partial charge in [0.25, 0.3) is 11.6 Å². The maximum absolute atomic E-state index is 13.5. The van der Waals surface area contributed by atoms with Crippen LogP contribution < -0.4 is 0 Å². The first-order chi connectivity index (χ1) is 11.4. The minimum Gasteiger partial charge on any atom is -0.331 e. The van der Waals surface area contributed by atoms with Crippen molar-refractivity contribution in [3.8, 4) is 0 Å². The number of hydrogen-bond donors (Lipinski definition) is 0. The van der Waals surface area contributed by atoms with E-state index in [1.807, 2.05) is 6.92 Å². The van der Waals surface area contributed by atoms with Crippen LogP contribution in [0.2, 0.25) is 5.02 Å². The van der Waals surface area contributed by atoms with Gasteiger partial charge in [0.05, 0.1) is 21.6 Å². The fourth-order valence-electron chi connectivity index (χ4n) is 3.01. The molecule has 0 N–H and O–H groups in total. The predicted molar refractivity (Wildman–Crippen MR) is 87.7 cm³/mol. The highest BCUT2D eigenvalue weighted by molar-refractivity contribution is 6.34. The molecule has 0 aliphatic carbocycles. The summed E-state index contributed by atoms with van der Waals surface area (Å²) in [6.07, 6.45) is 0.621. The molecule has 0 aromatic heterocycles. The van der Waals surface area contributed by atoms with Gasteiger partial charge in [-0.15, -0.1) is 0 Å². The number of hydrogen-bond acceptors (Lipinski definition) is 3. The summed E-state index contributed by atoms with van der Waals surface area (Å²) < 4.78 is 13.5. The van der Waals surface area contributed by atoms with E-state index >= 15 is 0 Å². The van der Waals surface area contributed by atoms with Crippen LogP contribution in [0.3, 0.4) is 0 Å². The fourth-order valence-corrected chi connectivity index (χ4v) is 3.26. The number of carbonyl (C=O) groups excluding carboxylic acids is 1. The average molecular weight is 349 g/mol. The van der Waals surface area contributed by atoms with Crippen molar-refractivity contribution in [2.24, 2.45) is 0 Å². The number of non-ortho nitro benzene ring substituents is 1. The molecule has 1 amide bonds. The van der Waals surface area contributed by atoms with E-state index in [1.165, 1.54) is 24.3 Å². The van der Waals surface area contributed by atoms with Crippen LogP contribution in [0.1, 0.15) is 34.5 Å². The number of fused-ring (bicyclic) bond motifs is 1. The summed E-state index contributed by atoms with van der Waals surface area (Å²) in [7, 11) is 0. The highest BCUT2D eigenvalue weighted by atomic mass is 35.5.